The van der Waals surface area contributed by atoms with E-state index in [1.54, 1.807) is 12.1 Å². The van der Waals surface area contributed by atoms with Crippen LogP contribution in [0, 0.1) is 0 Å². The summed E-state index contributed by atoms with van der Waals surface area (Å²) in [6.07, 6.45) is 20.3. The van der Waals surface area contributed by atoms with Crippen LogP contribution in [0.25, 0.3) is 0 Å². The molecule has 0 aliphatic carbocycles. The van der Waals surface area contributed by atoms with Crippen molar-refractivity contribution in [3.05, 3.63) is 24.3 Å². The number of phenols is 1. The number of carbonyl (C=O) groups is 1. The van der Waals surface area contributed by atoms with E-state index in [9.17, 15) is 9.90 Å². The molecule has 1 aromatic rings. The minimum Gasteiger partial charge on any atom is -1.00 e. The molecular weight excluding hydrogens is 359 g/mol. The number of rotatable bonds is 17. The van der Waals surface area contributed by atoms with Crippen LogP contribution in [0.1, 0.15) is 111 Å². The molecule has 1 rings (SSSR count). The first kappa shape index (κ1) is 27.5. The largest absolute Gasteiger partial charge is 1.00 e. The normalized spacial score (nSPS) is 10.5. The summed E-state index contributed by atoms with van der Waals surface area (Å²) in [5.74, 6) is 0.492. The van der Waals surface area contributed by atoms with Gasteiger partial charge in [-0.3, -0.25) is 4.79 Å². The van der Waals surface area contributed by atoms with Gasteiger partial charge >= 0.3 is 35.5 Å². The smallest absolute Gasteiger partial charge is 1.00 e. The Kier molecular flexibility index (Phi) is 19.4. The summed E-state index contributed by atoms with van der Waals surface area (Å²) in [6, 6.07) is 6.27. The number of hydrogen-bond donors (Lipinski definition) is 1. The number of phenolic OH excluding ortho intramolecular Hbond substituents is 1. The van der Waals surface area contributed by atoms with Crippen LogP contribution in [-0.2, 0) is 4.79 Å². The van der Waals surface area contributed by atoms with Gasteiger partial charge in [-0.15, -0.1) is 0 Å². The maximum absolute atomic E-state index is 11.7. The van der Waals surface area contributed by atoms with Gasteiger partial charge in [0.15, 0.2) is 0 Å². The van der Waals surface area contributed by atoms with Gasteiger partial charge in [-0.1, -0.05) is 96.8 Å². The van der Waals surface area contributed by atoms with Crippen molar-refractivity contribution in [2.75, 3.05) is 0 Å². The van der Waals surface area contributed by atoms with E-state index >= 15 is 0 Å². The van der Waals surface area contributed by atoms with E-state index in [2.05, 4.69) is 6.92 Å². The van der Waals surface area contributed by atoms with Crippen LogP contribution in [0.4, 0.5) is 0 Å². The summed E-state index contributed by atoms with van der Waals surface area (Å²) in [6.45, 7) is 2.27. The van der Waals surface area contributed by atoms with Crippen molar-refractivity contribution in [3.8, 4) is 11.5 Å². The van der Waals surface area contributed by atoms with E-state index in [0.717, 1.165) is 12.8 Å². The summed E-state index contributed by atoms with van der Waals surface area (Å²) >= 11 is 0. The second-order valence-electron chi connectivity index (χ2n) is 7.67. The molecule has 28 heavy (non-hydrogen) atoms. The Morgan fingerprint density at radius 3 is 1.57 bits per heavy atom. The quantitative estimate of drug-likeness (QED) is 0.179. The fraction of sp³-hybridized carbons (Fsp3) is 0.708. The zero-order chi connectivity index (χ0) is 19.6. The van der Waals surface area contributed by atoms with Gasteiger partial charge in [-0.25, -0.2) is 0 Å². The first-order chi connectivity index (χ1) is 13.2. The zero-order valence-electron chi connectivity index (χ0n) is 19.4. The molecule has 3 nitrogen and oxygen atoms in total. The van der Waals surface area contributed by atoms with Gasteiger partial charge in [0.25, 0.3) is 0 Å². The van der Waals surface area contributed by atoms with Crippen LogP contribution in [0.2, 0.25) is 0 Å². The standard InChI is InChI=1S/C24H40O3.Na.H/c1-2-3-4-5-6-7-8-9-10-11-12-13-14-15-16-17-24(26)27-23-20-18-22(25)19-21-23;;/h18-21,25H,2-17H2,1H3;;/q;+1;-1. The molecule has 156 valence electrons. The van der Waals surface area contributed by atoms with E-state index in [4.69, 9.17) is 4.74 Å². The number of benzene rings is 1. The first-order valence-electron chi connectivity index (χ1n) is 11.2. The Labute approximate surface area is 196 Å². The molecule has 0 heterocycles. The Balaban J connectivity index is 0. The molecule has 0 aliphatic heterocycles. The summed E-state index contributed by atoms with van der Waals surface area (Å²) < 4.78 is 5.24. The van der Waals surface area contributed by atoms with Crippen LogP contribution >= 0.6 is 0 Å². The van der Waals surface area contributed by atoms with Crippen molar-refractivity contribution in [1.29, 1.82) is 0 Å². The molecule has 0 atom stereocenters. The van der Waals surface area contributed by atoms with E-state index in [1.165, 1.54) is 95.6 Å². The van der Waals surface area contributed by atoms with Crippen molar-refractivity contribution >= 4 is 5.97 Å². The summed E-state index contributed by atoms with van der Waals surface area (Å²) in [7, 11) is 0. The first-order valence-corrected chi connectivity index (χ1v) is 11.2. The number of hydrogen-bond acceptors (Lipinski definition) is 3. The molecule has 4 heteroatoms. The molecule has 0 aromatic heterocycles. The van der Waals surface area contributed by atoms with Gasteiger partial charge in [-0.05, 0) is 30.7 Å². The van der Waals surface area contributed by atoms with Crippen molar-refractivity contribution in [2.45, 2.75) is 110 Å². The molecule has 0 unspecified atom stereocenters. The molecule has 1 N–H and O–H groups in total. The SMILES string of the molecule is CCCCCCCCCCCCCCCCCC(=O)Oc1ccc(O)cc1.[H-].[Na+]. The maximum atomic E-state index is 11.7. The summed E-state index contributed by atoms with van der Waals surface area (Å²) in [5.41, 5.74) is 0. The third-order valence-electron chi connectivity index (χ3n) is 5.05. The van der Waals surface area contributed by atoms with Gasteiger partial charge in [0.2, 0.25) is 0 Å². The van der Waals surface area contributed by atoms with Gasteiger partial charge in [0.05, 0.1) is 0 Å². The molecule has 0 spiro atoms. The molecule has 0 radical (unpaired) electrons. The third-order valence-corrected chi connectivity index (χ3v) is 5.05. The van der Waals surface area contributed by atoms with Crippen LogP contribution < -0.4 is 34.3 Å². The zero-order valence-corrected chi connectivity index (χ0v) is 20.4. The average molecular weight is 401 g/mol. The Morgan fingerprint density at radius 1 is 0.750 bits per heavy atom. The van der Waals surface area contributed by atoms with E-state index in [0.29, 0.717) is 12.2 Å². The molecule has 0 aliphatic rings. The second-order valence-corrected chi connectivity index (χ2v) is 7.67. The molecule has 0 amide bonds. The van der Waals surface area contributed by atoms with Crippen molar-refractivity contribution in [1.82, 2.24) is 0 Å². The van der Waals surface area contributed by atoms with E-state index in [1.807, 2.05) is 0 Å². The van der Waals surface area contributed by atoms with Crippen molar-refractivity contribution in [2.24, 2.45) is 0 Å². The molecule has 0 bridgehead atoms. The Hall–Kier alpha value is -0.510. The Morgan fingerprint density at radius 2 is 1.14 bits per heavy atom. The summed E-state index contributed by atoms with van der Waals surface area (Å²) in [5, 5.41) is 9.20. The summed E-state index contributed by atoms with van der Waals surface area (Å²) in [4.78, 5) is 11.7. The average Bonchev–Trinajstić information content (AvgIpc) is 2.66. The molecular formula is C24H41NaO3. The molecule has 0 saturated heterocycles. The number of esters is 1. The maximum Gasteiger partial charge on any atom is 1.00 e. The van der Waals surface area contributed by atoms with Gasteiger partial charge in [0.1, 0.15) is 11.5 Å². The van der Waals surface area contributed by atoms with Crippen LogP contribution in [0.15, 0.2) is 24.3 Å². The molecule has 0 fully saturated rings. The van der Waals surface area contributed by atoms with Crippen molar-refractivity contribution in [3.63, 3.8) is 0 Å². The Bertz CT molecular complexity index is 480. The van der Waals surface area contributed by atoms with Crippen LogP contribution in [0.3, 0.4) is 0 Å². The predicted molar refractivity (Wildman–Crippen MR) is 114 cm³/mol. The fourth-order valence-corrected chi connectivity index (χ4v) is 3.34. The minimum absolute atomic E-state index is 0. The van der Waals surface area contributed by atoms with Gasteiger partial charge in [0, 0.05) is 6.42 Å². The number of unbranched alkanes of at least 4 members (excludes halogenated alkanes) is 14. The number of aromatic hydroxyl groups is 1. The molecule has 0 saturated carbocycles. The number of carbonyl (C=O) groups excluding carboxylic acids is 1. The third kappa shape index (κ3) is 16.4. The molecule has 1 aromatic carbocycles. The predicted octanol–water partition coefficient (Wildman–Crippen LogP) is 4.68. The van der Waals surface area contributed by atoms with Crippen LogP contribution in [-0.4, -0.2) is 11.1 Å². The topological polar surface area (TPSA) is 46.5 Å². The van der Waals surface area contributed by atoms with E-state index < -0.39 is 0 Å². The monoisotopic (exact) mass is 400 g/mol. The fourth-order valence-electron chi connectivity index (χ4n) is 3.34. The van der Waals surface area contributed by atoms with Gasteiger partial charge in [-0.2, -0.15) is 0 Å². The van der Waals surface area contributed by atoms with E-state index in [-0.39, 0.29) is 42.7 Å². The van der Waals surface area contributed by atoms with Gasteiger partial charge < -0.3 is 11.3 Å². The minimum atomic E-state index is -0.185. The van der Waals surface area contributed by atoms with Crippen LogP contribution in [0.5, 0.6) is 11.5 Å². The second kappa shape index (κ2) is 19.8. The van der Waals surface area contributed by atoms with Crippen molar-refractivity contribution < 1.29 is 45.6 Å². The number of ether oxygens (including phenoxy) is 1.